The second-order valence-electron chi connectivity index (χ2n) is 9.27. The molecule has 0 aromatic rings. The summed E-state index contributed by atoms with van der Waals surface area (Å²) in [6, 6.07) is 0. The van der Waals surface area contributed by atoms with Crippen molar-refractivity contribution in [3.8, 4) is 0 Å². The van der Waals surface area contributed by atoms with Crippen molar-refractivity contribution < 1.29 is 0 Å². The van der Waals surface area contributed by atoms with Crippen LogP contribution < -0.4 is 0 Å². The molecule has 0 aliphatic heterocycles. The normalized spacial score (nSPS) is 33.9. The fraction of sp³-hybridized carbons (Fsp3) is 1.00. The molecule has 0 saturated heterocycles. The fourth-order valence-corrected chi connectivity index (χ4v) is 6.01. The van der Waals surface area contributed by atoms with E-state index in [2.05, 4.69) is 41.5 Å². The van der Waals surface area contributed by atoms with Gasteiger partial charge in [-0.2, -0.15) is 0 Å². The summed E-state index contributed by atoms with van der Waals surface area (Å²) >= 11 is 0. The van der Waals surface area contributed by atoms with Gasteiger partial charge in [-0.15, -0.1) is 0 Å². The highest BCUT2D eigenvalue weighted by Gasteiger charge is 2.46. The first-order valence-corrected chi connectivity index (χ1v) is 9.88. The van der Waals surface area contributed by atoms with E-state index in [1.165, 1.54) is 51.4 Å². The molecule has 21 heavy (non-hydrogen) atoms. The Morgan fingerprint density at radius 3 is 1.76 bits per heavy atom. The summed E-state index contributed by atoms with van der Waals surface area (Å²) in [4.78, 5) is 0. The Morgan fingerprint density at radius 2 is 1.29 bits per heavy atom. The van der Waals surface area contributed by atoms with Gasteiger partial charge in [-0.3, -0.25) is 0 Å². The van der Waals surface area contributed by atoms with Crippen LogP contribution in [-0.2, 0) is 0 Å². The Balaban J connectivity index is 2.16. The first-order chi connectivity index (χ1) is 9.88. The predicted octanol–water partition coefficient (Wildman–Crippen LogP) is 6.94. The van der Waals surface area contributed by atoms with Crippen LogP contribution in [0.4, 0.5) is 0 Å². The van der Waals surface area contributed by atoms with Gasteiger partial charge in [-0.25, -0.2) is 0 Å². The molecule has 124 valence electrons. The van der Waals surface area contributed by atoms with Gasteiger partial charge in [0.05, 0.1) is 0 Å². The summed E-state index contributed by atoms with van der Waals surface area (Å²) in [5, 5.41) is 0. The zero-order chi connectivity index (χ0) is 15.6. The summed E-state index contributed by atoms with van der Waals surface area (Å²) in [5.41, 5.74) is 0.688. The second kappa shape index (κ2) is 7.05. The van der Waals surface area contributed by atoms with Gasteiger partial charge >= 0.3 is 0 Å². The van der Waals surface area contributed by atoms with Crippen molar-refractivity contribution in [1.82, 2.24) is 0 Å². The smallest absolute Gasteiger partial charge is 0.0246 e. The molecule has 0 radical (unpaired) electrons. The van der Waals surface area contributed by atoms with E-state index < -0.39 is 0 Å². The highest BCUT2D eigenvalue weighted by molar-refractivity contribution is 4.96. The lowest BCUT2D eigenvalue weighted by molar-refractivity contribution is -0.0247. The lowest BCUT2D eigenvalue weighted by Crippen LogP contribution is -2.43. The maximum Gasteiger partial charge on any atom is -0.0246 e. The number of hydrogen-bond donors (Lipinski definition) is 0. The average molecular weight is 293 g/mol. The highest BCUT2D eigenvalue weighted by atomic mass is 14.5. The molecule has 0 aromatic carbocycles. The summed E-state index contributed by atoms with van der Waals surface area (Å²) < 4.78 is 0. The van der Waals surface area contributed by atoms with E-state index in [0.29, 0.717) is 5.41 Å². The molecule has 2 fully saturated rings. The van der Waals surface area contributed by atoms with E-state index in [9.17, 15) is 0 Å². The maximum absolute atomic E-state index is 2.52. The van der Waals surface area contributed by atoms with Gasteiger partial charge in [0.25, 0.3) is 0 Å². The van der Waals surface area contributed by atoms with E-state index in [4.69, 9.17) is 0 Å². The minimum absolute atomic E-state index is 0.688. The molecule has 0 heterocycles. The molecular weight excluding hydrogens is 252 g/mol. The molecule has 3 atom stereocenters. The third-order valence-corrected chi connectivity index (χ3v) is 7.42. The molecule has 0 heteroatoms. The largest absolute Gasteiger partial charge is 0.0625 e. The van der Waals surface area contributed by atoms with Gasteiger partial charge in [0.15, 0.2) is 0 Å². The van der Waals surface area contributed by atoms with Crippen molar-refractivity contribution in [1.29, 1.82) is 0 Å². The fourth-order valence-electron chi connectivity index (χ4n) is 6.01. The SMILES string of the molecule is CC(C)C1CCC(C2(C(C)C)CCCCC2)CC1C(C)C. The highest BCUT2D eigenvalue weighted by Crippen LogP contribution is 2.56. The van der Waals surface area contributed by atoms with Gasteiger partial charge in [-0.05, 0) is 73.0 Å². The molecule has 0 bridgehead atoms. The van der Waals surface area contributed by atoms with Crippen LogP contribution in [0, 0.1) is 40.9 Å². The van der Waals surface area contributed by atoms with Crippen LogP contribution in [-0.4, -0.2) is 0 Å². The van der Waals surface area contributed by atoms with E-state index in [0.717, 1.165) is 35.5 Å². The first-order valence-electron chi connectivity index (χ1n) is 9.88. The van der Waals surface area contributed by atoms with Crippen molar-refractivity contribution in [3.63, 3.8) is 0 Å². The van der Waals surface area contributed by atoms with Crippen molar-refractivity contribution >= 4 is 0 Å². The zero-order valence-electron chi connectivity index (χ0n) is 15.6. The van der Waals surface area contributed by atoms with E-state index in [-0.39, 0.29) is 0 Å². The van der Waals surface area contributed by atoms with Crippen LogP contribution in [0.25, 0.3) is 0 Å². The van der Waals surface area contributed by atoms with Crippen LogP contribution in [0.3, 0.4) is 0 Å². The minimum Gasteiger partial charge on any atom is -0.0625 e. The molecular formula is C21H40. The van der Waals surface area contributed by atoms with Crippen molar-refractivity contribution in [3.05, 3.63) is 0 Å². The molecule has 3 unspecified atom stereocenters. The average Bonchev–Trinajstić information content (AvgIpc) is 2.47. The standard InChI is InChI=1S/C21H40/c1-15(2)19-11-10-18(14-20(19)16(3)4)21(17(5)6)12-8-7-9-13-21/h15-20H,7-14H2,1-6H3. The number of hydrogen-bond acceptors (Lipinski definition) is 0. The number of rotatable bonds is 4. The summed E-state index contributed by atoms with van der Waals surface area (Å²) in [6.45, 7) is 14.9. The molecule has 2 rings (SSSR count). The Hall–Kier alpha value is 0. The lowest BCUT2D eigenvalue weighted by atomic mass is 9.53. The van der Waals surface area contributed by atoms with Crippen LogP contribution in [0.1, 0.15) is 92.9 Å². The quantitative estimate of drug-likeness (QED) is 0.526. The summed E-state index contributed by atoms with van der Waals surface area (Å²) in [6.07, 6.45) is 12.1. The summed E-state index contributed by atoms with van der Waals surface area (Å²) in [5.74, 6) is 5.59. The topological polar surface area (TPSA) is 0 Å². The van der Waals surface area contributed by atoms with Crippen LogP contribution in [0.15, 0.2) is 0 Å². The van der Waals surface area contributed by atoms with Gasteiger partial charge in [0.2, 0.25) is 0 Å². The monoisotopic (exact) mass is 292 g/mol. The van der Waals surface area contributed by atoms with Gasteiger partial charge in [-0.1, -0.05) is 60.8 Å². The molecule has 2 aliphatic carbocycles. The van der Waals surface area contributed by atoms with Gasteiger partial charge in [0.1, 0.15) is 0 Å². The van der Waals surface area contributed by atoms with E-state index in [1.807, 2.05) is 0 Å². The molecule has 0 aromatic heterocycles. The van der Waals surface area contributed by atoms with E-state index >= 15 is 0 Å². The Labute approximate surface area is 134 Å². The summed E-state index contributed by atoms with van der Waals surface area (Å²) in [7, 11) is 0. The Bertz CT molecular complexity index is 306. The zero-order valence-corrected chi connectivity index (χ0v) is 15.6. The molecule has 0 N–H and O–H groups in total. The maximum atomic E-state index is 2.52. The van der Waals surface area contributed by atoms with Crippen LogP contribution in [0.5, 0.6) is 0 Å². The predicted molar refractivity (Wildman–Crippen MR) is 94.4 cm³/mol. The molecule has 2 saturated carbocycles. The van der Waals surface area contributed by atoms with Crippen molar-refractivity contribution in [2.45, 2.75) is 92.9 Å². The van der Waals surface area contributed by atoms with E-state index in [1.54, 1.807) is 0 Å². The second-order valence-corrected chi connectivity index (χ2v) is 9.27. The molecule has 0 nitrogen and oxygen atoms in total. The molecule has 0 spiro atoms. The van der Waals surface area contributed by atoms with Crippen molar-refractivity contribution in [2.75, 3.05) is 0 Å². The molecule has 2 aliphatic rings. The molecule has 0 amide bonds. The third-order valence-electron chi connectivity index (χ3n) is 7.42. The lowest BCUT2D eigenvalue weighted by Gasteiger charge is -2.52. The third kappa shape index (κ3) is 3.50. The van der Waals surface area contributed by atoms with Gasteiger partial charge in [0, 0.05) is 0 Å². The van der Waals surface area contributed by atoms with Crippen LogP contribution in [0.2, 0.25) is 0 Å². The first kappa shape index (κ1) is 17.4. The van der Waals surface area contributed by atoms with Crippen LogP contribution >= 0.6 is 0 Å². The Morgan fingerprint density at radius 1 is 0.714 bits per heavy atom. The minimum atomic E-state index is 0.688. The Kier molecular flexibility index (Phi) is 5.83. The van der Waals surface area contributed by atoms with Crippen molar-refractivity contribution in [2.24, 2.45) is 40.9 Å². The van der Waals surface area contributed by atoms with Gasteiger partial charge < -0.3 is 0 Å².